The van der Waals surface area contributed by atoms with Crippen LogP contribution in [0.4, 0.5) is 10.5 Å². The van der Waals surface area contributed by atoms with Gasteiger partial charge in [0.05, 0.1) is 15.8 Å². The minimum atomic E-state index is -3.46. The standard InChI is InChI=1S/C20H33N3O3S/c1-16(2)27(25,26)18-9-7-6-8-17(18)21-19(24)23-14-12-22(13-15-23)11-10-20(3,4)5/h6-9,16H,10-15H2,1-5H3,(H,21,24). The Balaban J connectivity index is 1.98. The number of nitrogens with zero attached hydrogens (tertiary/aromatic N) is 2. The molecule has 1 aliphatic heterocycles. The number of piperazine rings is 1. The normalized spacial score (nSPS) is 16.6. The van der Waals surface area contributed by atoms with Gasteiger partial charge in [-0.15, -0.1) is 0 Å². The molecule has 0 aromatic heterocycles. The van der Waals surface area contributed by atoms with Gasteiger partial charge in [-0.3, -0.25) is 4.90 Å². The summed E-state index contributed by atoms with van der Waals surface area (Å²) in [5.74, 6) is 0. The van der Waals surface area contributed by atoms with E-state index in [-0.39, 0.29) is 10.9 Å². The Kier molecular flexibility index (Phi) is 6.92. The second-order valence-corrected chi connectivity index (χ2v) is 11.1. The average molecular weight is 396 g/mol. The molecule has 1 heterocycles. The van der Waals surface area contributed by atoms with E-state index in [1.54, 1.807) is 43.0 Å². The molecule has 1 saturated heterocycles. The number of hydrogen-bond acceptors (Lipinski definition) is 4. The van der Waals surface area contributed by atoms with E-state index in [2.05, 4.69) is 31.0 Å². The number of carbonyl (C=O) groups excluding carboxylic acids is 1. The first-order valence-corrected chi connectivity index (χ1v) is 11.2. The Morgan fingerprint density at radius 2 is 1.70 bits per heavy atom. The zero-order valence-electron chi connectivity index (χ0n) is 17.2. The summed E-state index contributed by atoms with van der Waals surface area (Å²) in [5, 5.41) is 2.26. The molecule has 0 unspecified atom stereocenters. The molecule has 0 radical (unpaired) electrons. The maximum atomic E-state index is 12.6. The molecule has 0 atom stereocenters. The van der Waals surface area contributed by atoms with E-state index >= 15 is 0 Å². The van der Waals surface area contributed by atoms with Crippen LogP contribution in [0, 0.1) is 5.41 Å². The van der Waals surface area contributed by atoms with Crippen LogP contribution in [-0.4, -0.2) is 62.2 Å². The van der Waals surface area contributed by atoms with Gasteiger partial charge in [-0.25, -0.2) is 13.2 Å². The Hall–Kier alpha value is -1.60. The van der Waals surface area contributed by atoms with Gasteiger partial charge in [0, 0.05) is 26.2 Å². The number of urea groups is 1. The molecule has 2 amide bonds. The minimum Gasteiger partial charge on any atom is -0.322 e. The molecular weight excluding hydrogens is 362 g/mol. The molecule has 1 aliphatic rings. The van der Waals surface area contributed by atoms with Gasteiger partial charge >= 0.3 is 6.03 Å². The van der Waals surface area contributed by atoms with Crippen molar-refractivity contribution in [2.45, 2.75) is 51.2 Å². The van der Waals surface area contributed by atoms with Crippen molar-refractivity contribution in [2.75, 3.05) is 38.0 Å². The van der Waals surface area contributed by atoms with E-state index in [1.165, 1.54) is 0 Å². The molecular formula is C20H33N3O3S. The summed E-state index contributed by atoms with van der Waals surface area (Å²) in [6, 6.07) is 6.37. The van der Waals surface area contributed by atoms with E-state index in [4.69, 9.17) is 0 Å². The average Bonchev–Trinajstić information content (AvgIpc) is 2.60. The van der Waals surface area contributed by atoms with Crippen LogP contribution >= 0.6 is 0 Å². The summed E-state index contributed by atoms with van der Waals surface area (Å²) in [5.41, 5.74) is 0.659. The van der Waals surface area contributed by atoms with Gasteiger partial charge in [0.15, 0.2) is 9.84 Å². The van der Waals surface area contributed by atoms with Crippen LogP contribution in [0.15, 0.2) is 29.2 Å². The Morgan fingerprint density at radius 1 is 1.11 bits per heavy atom. The number of rotatable bonds is 5. The molecule has 27 heavy (non-hydrogen) atoms. The third-order valence-corrected chi connectivity index (χ3v) is 7.10. The molecule has 6 nitrogen and oxygen atoms in total. The topological polar surface area (TPSA) is 69.7 Å². The first kappa shape index (κ1) is 21.7. The molecule has 2 rings (SSSR count). The lowest BCUT2D eigenvalue weighted by Gasteiger charge is -2.36. The van der Waals surface area contributed by atoms with Crippen molar-refractivity contribution in [3.63, 3.8) is 0 Å². The minimum absolute atomic E-state index is 0.178. The van der Waals surface area contributed by atoms with Crippen LogP contribution in [0.2, 0.25) is 0 Å². The number of amides is 2. The summed E-state index contributed by atoms with van der Waals surface area (Å²) < 4.78 is 25.1. The van der Waals surface area contributed by atoms with Gasteiger partial charge in [0.25, 0.3) is 0 Å². The van der Waals surface area contributed by atoms with Gasteiger partial charge in [-0.1, -0.05) is 32.9 Å². The highest BCUT2D eigenvalue weighted by molar-refractivity contribution is 7.92. The Bertz CT molecular complexity index is 746. The molecule has 1 aromatic carbocycles. The van der Waals surface area contributed by atoms with Gasteiger partial charge in [0.2, 0.25) is 0 Å². The van der Waals surface area contributed by atoms with Crippen molar-refractivity contribution >= 4 is 21.6 Å². The predicted molar refractivity (Wildman–Crippen MR) is 110 cm³/mol. The SMILES string of the molecule is CC(C)S(=O)(=O)c1ccccc1NC(=O)N1CCN(CCC(C)(C)C)CC1. The van der Waals surface area contributed by atoms with Crippen LogP contribution < -0.4 is 5.32 Å². The molecule has 0 saturated carbocycles. The van der Waals surface area contributed by atoms with Crippen molar-refractivity contribution in [1.29, 1.82) is 0 Å². The quantitative estimate of drug-likeness (QED) is 0.829. The number of anilines is 1. The molecule has 7 heteroatoms. The second kappa shape index (κ2) is 8.61. The molecule has 0 bridgehead atoms. The van der Waals surface area contributed by atoms with Crippen LogP contribution in [-0.2, 0) is 9.84 Å². The highest BCUT2D eigenvalue weighted by Gasteiger charge is 2.26. The summed E-state index contributed by atoms with van der Waals surface area (Å²) in [6.45, 7) is 14.0. The van der Waals surface area contributed by atoms with Crippen molar-refractivity contribution in [3.05, 3.63) is 24.3 Å². The number of hydrogen-bond donors (Lipinski definition) is 1. The molecule has 152 valence electrons. The zero-order valence-corrected chi connectivity index (χ0v) is 18.0. The molecule has 1 aromatic rings. The lowest BCUT2D eigenvalue weighted by atomic mass is 9.92. The first-order chi connectivity index (χ1) is 12.5. The fourth-order valence-electron chi connectivity index (χ4n) is 2.93. The largest absolute Gasteiger partial charge is 0.322 e. The van der Waals surface area contributed by atoms with Crippen LogP contribution in [0.25, 0.3) is 0 Å². The number of para-hydroxylation sites is 1. The second-order valence-electron chi connectivity index (χ2n) is 8.66. The lowest BCUT2D eigenvalue weighted by Crippen LogP contribution is -2.50. The number of sulfone groups is 1. The number of benzene rings is 1. The third-order valence-electron chi connectivity index (χ3n) is 4.89. The highest BCUT2D eigenvalue weighted by atomic mass is 32.2. The third kappa shape index (κ3) is 5.94. The predicted octanol–water partition coefficient (Wildman–Crippen LogP) is 3.45. The van der Waals surface area contributed by atoms with E-state index in [0.717, 1.165) is 26.1 Å². The number of nitrogens with one attached hydrogen (secondary N) is 1. The van der Waals surface area contributed by atoms with Crippen molar-refractivity contribution < 1.29 is 13.2 Å². The van der Waals surface area contributed by atoms with Gasteiger partial charge in [-0.05, 0) is 44.4 Å². The zero-order chi connectivity index (χ0) is 20.2. The van der Waals surface area contributed by atoms with Gasteiger partial charge < -0.3 is 10.2 Å². The molecule has 0 aliphatic carbocycles. The van der Waals surface area contributed by atoms with Crippen LogP contribution in [0.3, 0.4) is 0 Å². The van der Waals surface area contributed by atoms with E-state index in [0.29, 0.717) is 24.2 Å². The monoisotopic (exact) mass is 395 g/mol. The summed E-state index contributed by atoms with van der Waals surface area (Å²) in [7, 11) is -3.46. The summed E-state index contributed by atoms with van der Waals surface area (Å²) >= 11 is 0. The smallest absolute Gasteiger partial charge is 0.321 e. The fourth-order valence-corrected chi connectivity index (χ4v) is 4.14. The van der Waals surface area contributed by atoms with Crippen LogP contribution in [0.1, 0.15) is 41.0 Å². The molecule has 1 N–H and O–H groups in total. The van der Waals surface area contributed by atoms with Gasteiger partial charge in [-0.2, -0.15) is 0 Å². The van der Waals surface area contributed by atoms with E-state index < -0.39 is 15.1 Å². The summed E-state index contributed by atoms with van der Waals surface area (Å²) in [6.07, 6.45) is 1.12. The van der Waals surface area contributed by atoms with Crippen LogP contribution in [0.5, 0.6) is 0 Å². The maximum Gasteiger partial charge on any atom is 0.321 e. The Morgan fingerprint density at radius 3 is 2.26 bits per heavy atom. The number of carbonyl (C=O) groups is 1. The molecule has 0 spiro atoms. The first-order valence-electron chi connectivity index (χ1n) is 9.62. The maximum absolute atomic E-state index is 12.6. The van der Waals surface area contributed by atoms with Crippen molar-refractivity contribution in [2.24, 2.45) is 5.41 Å². The highest BCUT2D eigenvalue weighted by Crippen LogP contribution is 2.25. The van der Waals surface area contributed by atoms with Crippen molar-refractivity contribution in [1.82, 2.24) is 9.80 Å². The van der Waals surface area contributed by atoms with Gasteiger partial charge in [0.1, 0.15) is 0 Å². The van der Waals surface area contributed by atoms with Crippen molar-refractivity contribution in [3.8, 4) is 0 Å². The molecule has 1 fully saturated rings. The van der Waals surface area contributed by atoms with E-state index in [1.807, 2.05) is 0 Å². The fraction of sp³-hybridized carbons (Fsp3) is 0.650. The lowest BCUT2D eigenvalue weighted by molar-refractivity contribution is 0.136. The Labute approximate surface area is 163 Å². The summed E-state index contributed by atoms with van der Waals surface area (Å²) in [4.78, 5) is 17.0. The van der Waals surface area contributed by atoms with E-state index in [9.17, 15) is 13.2 Å².